The first kappa shape index (κ1) is 29.6. The van der Waals surface area contributed by atoms with Crippen molar-refractivity contribution in [3.05, 3.63) is 59.0 Å². The predicted molar refractivity (Wildman–Crippen MR) is 159 cm³/mol. The number of ether oxygens (including phenoxy) is 1. The fourth-order valence-corrected chi connectivity index (χ4v) is 4.83. The molecular weight excluding hydrogens is 553 g/mol. The van der Waals surface area contributed by atoms with Crippen LogP contribution in [0.2, 0.25) is 5.02 Å². The van der Waals surface area contributed by atoms with Gasteiger partial charge in [0.05, 0.1) is 16.0 Å². The molecule has 0 spiro atoms. The van der Waals surface area contributed by atoms with Crippen LogP contribution in [0, 0.1) is 18.7 Å². The van der Waals surface area contributed by atoms with Crippen LogP contribution in [0.3, 0.4) is 0 Å². The summed E-state index contributed by atoms with van der Waals surface area (Å²) in [5.74, 6) is 1.02. The van der Waals surface area contributed by atoms with E-state index in [1.165, 1.54) is 12.1 Å². The van der Waals surface area contributed by atoms with Gasteiger partial charge in [-0.2, -0.15) is 5.10 Å². The van der Waals surface area contributed by atoms with Gasteiger partial charge in [-0.05, 0) is 74.3 Å². The maximum Gasteiger partial charge on any atom is 0.306 e. The van der Waals surface area contributed by atoms with Crippen LogP contribution in [-0.2, 0) is 9.53 Å². The number of benzene rings is 2. The summed E-state index contributed by atoms with van der Waals surface area (Å²) >= 11 is 7.13. The first-order chi connectivity index (χ1) is 19.2. The van der Waals surface area contributed by atoms with E-state index in [0.29, 0.717) is 53.3 Å². The maximum atomic E-state index is 14.0. The predicted octanol–water partition coefficient (Wildman–Crippen LogP) is 6.17. The van der Waals surface area contributed by atoms with Gasteiger partial charge in [-0.25, -0.2) is 14.4 Å². The lowest BCUT2D eigenvalue weighted by Crippen LogP contribution is -2.29. The number of aromatic nitrogens is 4. The molecule has 0 aliphatic rings. The molecule has 0 amide bonds. The Balaban J connectivity index is 1.38. The number of halogens is 2. The van der Waals surface area contributed by atoms with E-state index in [1.807, 2.05) is 52.1 Å². The Hall–Kier alpha value is -3.41. The molecule has 9 nitrogen and oxygen atoms in total. The molecule has 0 aliphatic carbocycles. The minimum absolute atomic E-state index is 0.162. The molecule has 2 heterocycles. The lowest BCUT2D eigenvalue weighted by Gasteiger charge is -2.17. The fraction of sp³-hybridized carbons (Fsp3) is 0.357. The molecule has 4 rings (SSSR count). The molecule has 212 valence electrons. The molecule has 0 aliphatic heterocycles. The number of nitrogens with one attached hydrogen (secondary N) is 3. The van der Waals surface area contributed by atoms with Crippen molar-refractivity contribution in [3.8, 4) is 11.4 Å². The number of rotatable bonds is 13. The minimum Gasteiger partial charge on any atom is -0.464 e. The standard InChI is InChI=1S/C28H33ClFN7O2S/c1-17(2)15-24(38)39-14-13-37(4)12-11-31-27-25-18(3)34-35-28(25)33-26(32-27)19-5-8-21(9-6-19)36-40-23-16-20(29)7-10-22(23)30/h5-10,16-17,36H,11-15H2,1-4H3,(H2,31,32,33,34,35). The highest BCUT2D eigenvalue weighted by Crippen LogP contribution is 2.29. The molecule has 0 bridgehead atoms. The molecule has 0 atom stereocenters. The average Bonchev–Trinajstić information content (AvgIpc) is 3.29. The summed E-state index contributed by atoms with van der Waals surface area (Å²) in [6.07, 6.45) is 0.433. The van der Waals surface area contributed by atoms with Crippen molar-refractivity contribution in [2.75, 3.05) is 43.3 Å². The van der Waals surface area contributed by atoms with Crippen molar-refractivity contribution >= 4 is 52.1 Å². The first-order valence-corrected chi connectivity index (χ1v) is 14.2. The van der Waals surface area contributed by atoms with Crippen LogP contribution in [0.25, 0.3) is 22.4 Å². The Labute approximate surface area is 242 Å². The number of aromatic amines is 1. The van der Waals surface area contributed by atoms with Crippen molar-refractivity contribution in [2.24, 2.45) is 5.92 Å². The van der Waals surface area contributed by atoms with Crippen LogP contribution in [0.1, 0.15) is 26.0 Å². The van der Waals surface area contributed by atoms with Crippen LogP contribution in [-0.4, -0.2) is 64.3 Å². The van der Waals surface area contributed by atoms with Gasteiger partial charge in [0.25, 0.3) is 0 Å². The summed E-state index contributed by atoms with van der Waals surface area (Å²) in [5.41, 5.74) is 3.06. The van der Waals surface area contributed by atoms with Gasteiger partial charge in [0.2, 0.25) is 0 Å². The van der Waals surface area contributed by atoms with E-state index in [1.54, 1.807) is 6.07 Å². The Morgan fingerprint density at radius 1 is 1.18 bits per heavy atom. The highest BCUT2D eigenvalue weighted by atomic mass is 35.5. The molecule has 0 saturated heterocycles. The number of likely N-dealkylation sites (N-methyl/N-ethyl adjacent to an activating group) is 1. The number of hydrogen-bond donors (Lipinski definition) is 3. The fourth-order valence-electron chi connectivity index (χ4n) is 3.88. The van der Waals surface area contributed by atoms with E-state index in [0.717, 1.165) is 40.8 Å². The molecule has 12 heteroatoms. The lowest BCUT2D eigenvalue weighted by atomic mass is 10.1. The number of aryl methyl sites for hydroxylation is 1. The van der Waals surface area contributed by atoms with Crippen LogP contribution < -0.4 is 10.0 Å². The van der Waals surface area contributed by atoms with Gasteiger partial charge < -0.3 is 19.7 Å². The van der Waals surface area contributed by atoms with Gasteiger partial charge in [0.15, 0.2) is 11.5 Å². The average molecular weight is 586 g/mol. The van der Waals surface area contributed by atoms with E-state index in [4.69, 9.17) is 21.3 Å². The highest BCUT2D eigenvalue weighted by Gasteiger charge is 2.15. The van der Waals surface area contributed by atoms with Gasteiger partial charge in [-0.1, -0.05) is 25.4 Å². The van der Waals surface area contributed by atoms with E-state index in [9.17, 15) is 9.18 Å². The summed E-state index contributed by atoms with van der Waals surface area (Å²) < 4.78 is 22.5. The summed E-state index contributed by atoms with van der Waals surface area (Å²) in [6, 6.07) is 12.0. The molecular formula is C28H33ClFN7O2S. The van der Waals surface area contributed by atoms with Crippen molar-refractivity contribution in [1.29, 1.82) is 0 Å². The Kier molecular flexibility index (Phi) is 10.2. The first-order valence-electron chi connectivity index (χ1n) is 13.0. The monoisotopic (exact) mass is 585 g/mol. The number of hydrogen-bond acceptors (Lipinski definition) is 9. The van der Waals surface area contributed by atoms with Crippen molar-refractivity contribution in [2.45, 2.75) is 32.1 Å². The third-order valence-electron chi connectivity index (χ3n) is 6.01. The number of carbonyl (C=O) groups excluding carboxylic acids is 1. The molecule has 2 aromatic carbocycles. The van der Waals surface area contributed by atoms with Gasteiger partial charge in [0.1, 0.15) is 18.2 Å². The van der Waals surface area contributed by atoms with E-state index < -0.39 is 0 Å². The van der Waals surface area contributed by atoms with Crippen molar-refractivity contribution < 1.29 is 13.9 Å². The summed E-state index contributed by atoms with van der Waals surface area (Å²) in [5, 5.41) is 12.0. The number of fused-ring (bicyclic) bond motifs is 1. The normalized spacial score (nSPS) is 11.4. The lowest BCUT2D eigenvalue weighted by molar-refractivity contribution is -0.144. The Morgan fingerprint density at radius 3 is 2.70 bits per heavy atom. The largest absolute Gasteiger partial charge is 0.464 e. The van der Waals surface area contributed by atoms with Gasteiger partial charge >= 0.3 is 5.97 Å². The van der Waals surface area contributed by atoms with Crippen LogP contribution in [0.5, 0.6) is 0 Å². The summed E-state index contributed by atoms with van der Waals surface area (Å²) in [7, 11) is 1.98. The Bertz CT molecular complexity index is 1450. The van der Waals surface area contributed by atoms with Gasteiger partial charge in [0, 0.05) is 42.3 Å². The van der Waals surface area contributed by atoms with Crippen LogP contribution in [0.15, 0.2) is 47.4 Å². The third-order valence-corrected chi connectivity index (χ3v) is 7.12. The molecule has 0 unspecified atom stereocenters. The zero-order chi connectivity index (χ0) is 28.6. The second-order valence-corrected chi connectivity index (χ2v) is 11.1. The molecule has 2 aromatic heterocycles. The van der Waals surface area contributed by atoms with E-state index in [-0.39, 0.29) is 17.7 Å². The zero-order valence-corrected chi connectivity index (χ0v) is 24.5. The topological polar surface area (TPSA) is 108 Å². The molecule has 0 radical (unpaired) electrons. The number of esters is 1. The quantitative estimate of drug-likeness (QED) is 0.125. The molecule has 3 N–H and O–H groups in total. The zero-order valence-electron chi connectivity index (χ0n) is 22.9. The SMILES string of the molecule is Cc1n[nH]c2nc(-c3ccc(NSc4cc(Cl)ccc4F)cc3)nc(NCCN(C)CCOC(=O)CC(C)C)c12. The Morgan fingerprint density at radius 2 is 1.95 bits per heavy atom. The number of carbonyl (C=O) groups is 1. The maximum absolute atomic E-state index is 14.0. The van der Waals surface area contributed by atoms with Crippen LogP contribution >= 0.6 is 23.5 Å². The number of anilines is 2. The molecule has 4 aromatic rings. The second-order valence-electron chi connectivity index (χ2n) is 9.83. The van der Waals surface area contributed by atoms with Gasteiger partial charge in [-0.3, -0.25) is 9.89 Å². The minimum atomic E-state index is -0.341. The third kappa shape index (κ3) is 8.06. The highest BCUT2D eigenvalue weighted by molar-refractivity contribution is 8.00. The molecule has 0 fully saturated rings. The van der Waals surface area contributed by atoms with Crippen molar-refractivity contribution in [1.82, 2.24) is 25.1 Å². The summed E-state index contributed by atoms with van der Waals surface area (Å²) in [6.45, 7) is 8.26. The van der Waals surface area contributed by atoms with E-state index in [2.05, 4.69) is 30.1 Å². The molecule has 40 heavy (non-hydrogen) atoms. The van der Waals surface area contributed by atoms with Gasteiger partial charge in [-0.15, -0.1) is 0 Å². The summed E-state index contributed by atoms with van der Waals surface area (Å²) in [4.78, 5) is 23.7. The number of H-pyrrole nitrogens is 1. The van der Waals surface area contributed by atoms with Crippen LogP contribution in [0.4, 0.5) is 15.9 Å². The number of nitrogens with zero attached hydrogens (tertiary/aromatic N) is 4. The second kappa shape index (κ2) is 13.8. The van der Waals surface area contributed by atoms with E-state index >= 15 is 0 Å². The van der Waals surface area contributed by atoms with Crippen molar-refractivity contribution in [3.63, 3.8) is 0 Å². The smallest absolute Gasteiger partial charge is 0.306 e. The molecule has 0 saturated carbocycles.